The molecule has 1 saturated heterocycles. The lowest BCUT2D eigenvalue weighted by Crippen LogP contribution is -2.49. The zero-order chi connectivity index (χ0) is 16.8. The van der Waals surface area contributed by atoms with Crippen LogP contribution in [0.15, 0.2) is 18.2 Å². The molecule has 1 aromatic rings. The number of aryl methyl sites for hydroxylation is 2. The van der Waals surface area contributed by atoms with E-state index in [9.17, 15) is 14.7 Å². The maximum Gasteiger partial charge on any atom is 0.308 e. The summed E-state index contributed by atoms with van der Waals surface area (Å²) in [6, 6.07) is 6.34. The molecule has 1 aromatic carbocycles. The molecule has 1 heterocycles. The molecule has 0 spiro atoms. The molecule has 4 heteroatoms. The van der Waals surface area contributed by atoms with E-state index in [1.54, 1.807) is 4.90 Å². The van der Waals surface area contributed by atoms with E-state index in [1.165, 1.54) is 11.1 Å². The van der Waals surface area contributed by atoms with Gasteiger partial charge in [0.05, 0.1) is 11.3 Å². The van der Waals surface area contributed by atoms with Gasteiger partial charge in [-0.15, -0.1) is 0 Å². The fourth-order valence-electron chi connectivity index (χ4n) is 4.00. The van der Waals surface area contributed by atoms with Gasteiger partial charge in [0.1, 0.15) is 0 Å². The van der Waals surface area contributed by atoms with Crippen molar-refractivity contribution in [2.24, 2.45) is 11.8 Å². The number of carboxylic acids is 1. The summed E-state index contributed by atoms with van der Waals surface area (Å²) in [6.07, 6.45) is 2.41. The van der Waals surface area contributed by atoms with E-state index >= 15 is 0 Å². The van der Waals surface area contributed by atoms with Crippen molar-refractivity contribution >= 4 is 11.9 Å². The molecule has 0 radical (unpaired) electrons. The van der Waals surface area contributed by atoms with Crippen LogP contribution < -0.4 is 0 Å². The lowest BCUT2D eigenvalue weighted by molar-refractivity contribution is -0.147. The van der Waals surface area contributed by atoms with Crippen LogP contribution in [0.25, 0.3) is 0 Å². The Labute approximate surface area is 137 Å². The standard InChI is InChI=1S/C19H25NO3/c1-12-6-13(2)9-16(8-12)19(4-5-19)18(23)20-10-14(3)7-15(11-20)17(21)22/h6,8-9,14-15H,4-5,7,10-11H2,1-3H3,(H,21,22). The predicted molar refractivity (Wildman–Crippen MR) is 88.3 cm³/mol. The van der Waals surface area contributed by atoms with Crippen molar-refractivity contribution in [3.8, 4) is 0 Å². The van der Waals surface area contributed by atoms with Crippen LogP contribution in [-0.2, 0) is 15.0 Å². The third kappa shape index (κ3) is 2.99. The van der Waals surface area contributed by atoms with Crippen LogP contribution in [0.3, 0.4) is 0 Å². The van der Waals surface area contributed by atoms with Gasteiger partial charge in [-0.05, 0) is 44.6 Å². The van der Waals surface area contributed by atoms with Gasteiger partial charge in [-0.3, -0.25) is 9.59 Å². The molecule has 1 N–H and O–H groups in total. The Morgan fingerprint density at radius 3 is 2.26 bits per heavy atom. The van der Waals surface area contributed by atoms with Crippen LogP contribution in [-0.4, -0.2) is 35.0 Å². The average Bonchev–Trinajstić information content (AvgIpc) is 3.26. The first-order chi connectivity index (χ1) is 10.8. The number of carboxylic acid groups (broad SMARTS) is 1. The van der Waals surface area contributed by atoms with Gasteiger partial charge in [-0.2, -0.15) is 0 Å². The first-order valence-electron chi connectivity index (χ1n) is 8.43. The predicted octanol–water partition coefficient (Wildman–Crippen LogP) is 2.90. The minimum Gasteiger partial charge on any atom is -0.481 e. The van der Waals surface area contributed by atoms with Crippen LogP contribution in [0.1, 0.15) is 42.9 Å². The van der Waals surface area contributed by atoms with Gasteiger partial charge in [0.25, 0.3) is 0 Å². The lowest BCUT2D eigenvalue weighted by Gasteiger charge is -2.37. The van der Waals surface area contributed by atoms with Crippen molar-refractivity contribution in [2.75, 3.05) is 13.1 Å². The summed E-state index contributed by atoms with van der Waals surface area (Å²) in [5.41, 5.74) is 3.05. The molecule has 23 heavy (non-hydrogen) atoms. The summed E-state index contributed by atoms with van der Waals surface area (Å²) in [6.45, 7) is 7.17. The summed E-state index contributed by atoms with van der Waals surface area (Å²) in [7, 11) is 0. The molecule has 0 aromatic heterocycles. The summed E-state index contributed by atoms with van der Waals surface area (Å²) < 4.78 is 0. The highest BCUT2D eigenvalue weighted by atomic mass is 16.4. The molecule has 3 rings (SSSR count). The van der Waals surface area contributed by atoms with E-state index < -0.39 is 17.3 Å². The number of likely N-dealkylation sites (tertiary alicyclic amines) is 1. The van der Waals surface area contributed by atoms with E-state index in [-0.39, 0.29) is 11.8 Å². The SMILES string of the molecule is Cc1cc(C)cc(C2(C(=O)N3CC(C)CC(C(=O)O)C3)CC2)c1. The second-order valence-corrected chi connectivity index (χ2v) is 7.54. The zero-order valence-corrected chi connectivity index (χ0v) is 14.1. The van der Waals surface area contributed by atoms with Crippen molar-refractivity contribution in [1.29, 1.82) is 0 Å². The van der Waals surface area contributed by atoms with Crippen LogP contribution in [0.2, 0.25) is 0 Å². The van der Waals surface area contributed by atoms with Crippen molar-refractivity contribution in [1.82, 2.24) is 4.90 Å². The van der Waals surface area contributed by atoms with E-state index in [2.05, 4.69) is 32.0 Å². The molecule has 1 aliphatic carbocycles. The third-order valence-corrected chi connectivity index (χ3v) is 5.23. The fraction of sp³-hybridized carbons (Fsp3) is 0.579. The molecule has 2 unspecified atom stereocenters. The molecule has 4 nitrogen and oxygen atoms in total. The average molecular weight is 315 g/mol. The van der Waals surface area contributed by atoms with Gasteiger partial charge in [-0.1, -0.05) is 36.2 Å². The highest BCUT2D eigenvalue weighted by Gasteiger charge is 2.54. The van der Waals surface area contributed by atoms with Gasteiger partial charge in [0.15, 0.2) is 0 Å². The molecule has 2 fully saturated rings. The number of rotatable bonds is 3. The van der Waals surface area contributed by atoms with Gasteiger partial charge in [0, 0.05) is 13.1 Å². The van der Waals surface area contributed by atoms with E-state index in [1.807, 2.05) is 6.92 Å². The Morgan fingerprint density at radius 1 is 1.13 bits per heavy atom. The van der Waals surface area contributed by atoms with Crippen LogP contribution in [0.5, 0.6) is 0 Å². The number of carbonyl (C=O) groups is 2. The second kappa shape index (κ2) is 5.66. The Bertz CT molecular complexity index is 628. The summed E-state index contributed by atoms with van der Waals surface area (Å²) in [5, 5.41) is 9.33. The normalized spacial score (nSPS) is 26.0. The van der Waals surface area contributed by atoms with Gasteiger partial charge >= 0.3 is 5.97 Å². The molecule has 1 saturated carbocycles. The monoisotopic (exact) mass is 315 g/mol. The van der Waals surface area contributed by atoms with E-state index in [0.717, 1.165) is 18.4 Å². The van der Waals surface area contributed by atoms with Crippen molar-refractivity contribution in [3.63, 3.8) is 0 Å². The molecule has 2 aliphatic rings. The summed E-state index contributed by atoms with van der Waals surface area (Å²) >= 11 is 0. The molecule has 1 aliphatic heterocycles. The topological polar surface area (TPSA) is 57.6 Å². The quantitative estimate of drug-likeness (QED) is 0.933. The highest BCUT2D eigenvalue weighted by Crippen LogP contribution is 2.50. The van der Waals surface area contributed by atoms with Crippen molar-refractivity contribution < 1.29 is 14.7 Å². The minimum atomic E-state index is -0.786. The third-order valence-electron chi connectivity index (χ3n) is 5.23. The molecular weight excluding hydrogens is 290 g/mol. The maximum atomic E-state index is 13.2. The van der Waals surface area contributed by atoms with Crippen LogP contribution in [0, 0.1) is 25.7 Å². The maximum absolute atomic E-state index is 13.2. The molecule has 2 atom stereocenters. The Morgan fingerprint density at radius 2 is 1.74 bits per heavy atom. The largest absolute Gasteiger partial charge is 0.481 e. The smallest absolute Gasteiger partial charge is 0.308 e. The number of hydrogen-bond acceptors (Lipinski definition) is 2. The molecule has 124 valence electrons. The van der Waals surface area contributed by atoms with E-state index in [0.29, 0.717) is 19.5 Å². The highest BCUT2D eigenvalue weighted by molar-refractivity contribution is 5.92. The molecule has 0 bridgehead atoms. The molecular formula is C19H25NO3. The first kappa shape index (κ1) is 16.0. The van der Waals surface area contributed by atoms with Gasteiger partial charge in [0.2, 0.25) is 5.91 Å². The summed E-state index contributed by atoms with van der Waals surface area (Å²) in [5.74, 6) is -0.854. The number of hydrogen-bond donors (Lipinski definition) is 1. The Balaban J connectivity index is 1.85. The number of carbonyl (C=O) groups excluding carboxylic acids is 1. The number of amides is 1. The number of benzene rings is 1. The Hall–Kier alpha value is -1.84. The first-order valence-corrected chi connectivity index (χ1v) is 8.43. The number of nitrogens with zero attached hydrogens (tertiary/aromatic N) is 1. The molecule has 1 amide bonds. The number of aliphatic carboxylic acids is 1. The second-order valence-electron chi connectivity index (χ2n) is 7.54. The van der Waals surface area contributed by atoms with E-state index in [4.69, 9.17) is 0 Å². The van der Waals surface area contributed by atoms with Crippen LogP contribution >= 0.6 is 0 Å². The van der Waals surface area contributed by atoms with Crippen molar-refractivity contribution in [3.05, 3.63) is 34.9 Å². The van der Waals surface area contributed by atoms with Crippen molar-refractivity contribution in [2.45, 2.75) is 45.4 Å². The fourth-order valence-corrected chi connectivity index (χ4v) is 4.00. The zero-order valence-electron chi connectivity index (χ0n) is 14.1. The lowest BCUT2D eigenvalue weighted by atomic mass is 9.87. The Kier molecular flexibility index (Phi) is 3.95. The van der Waals surface area contributed by atoms with Gasteiger partial charge in [-0.25, -0.2) is 0 Å². The summed E-state index contributed by atoms with van der Waals surface area (Å²) in [4.78, 5) is 26.3. The number of piperidine rings is 1. The van der Waals surface area contributed by atoms with Crippen LogP contribution in [0.4, 0.5) is 0 Å². The minimum absolute atomic E-state index is 0.125. The van der Waals surface area contributed by atoms with Gasteiger partial charge < -0.3 is 10.0 Å².